The Labute approximate surface area is 186 Å². The van der Waals surface area contributed by atoms with Gasteiger partial charge in [0.25, 0.3) is 5.56 Å². The number of carbonyl (C=O) groups is 1. The molecule has 4 rings (SSSR count). The number of nitrogens with zero attached hydrogens (tertiary/aromatic N) is 4. The van der Waals surface area contributed by atoms with E-state index in [9.17, 15) is 9.59 Å². The summed E-state index contributed by atoms with van der Waals surface area (Å²) < 4.78 is 1.65. The molecule has 0 unspecified atom stereocenters. The minimum atomic E-state index is -0.0981. The summed E-state index contributed by atoms with van der Waals surface area (Å²) in [6.07, 6.45) is 7.93. The van der Waals surface area contributed by atoms with E-state index in [1.165, 1.54) is 24.6 Å². The molecule has 7 heteroatoms. The van der Waals surface area contributed by atoms with Crippen molar-refractivity contribution < 1.29 is 4.79 Å². The van der Waals surface area contributed by atoms with Crippen molar-refractivity contribution in [2.24, 2.45) is 5.92 Å². The van der Waals surface area contributed by atoms with E-state index in [4.69, 9.17) is 4.98 Å². The van der Waals surface area contributed by atoms with Crippen molar-refractivity contribution in [3.8, 4) is 0 Å². The molecule has 162 valence electrons. The molecular weight excluding hydrogens is 408 g/mol. The van der Waals surface area contributed by atoms with Gasteiger partial charge in [-0.05, 0) is 55.4 Å². The molecule has 0 atom stereocenters. The maximum absolute atomic E-state index is 13.2. The molecule has 1 fully saturated rings. The second kappa shape index (κ2) is 9.64. The maximum atomic E-state index is 13.2. The molecule has 0 radical (unpaired) electrons. The van der Waals surface area contributed by atoms with Crippen LogP contribution in [0.2, 0.25) is 0 Å². The first-order valence-electron chi connectivity index (χ1n) is 10.8. The standard InChI is InChI=1S/C24H28N4O2S/c1-17-9-11-19(12-10-17)27(2)22(29)16-31-24-26-21-8-4-3-7-20(21)23(30)28(24)15-18-6-5-13-25-14-18/h3-8,13-14,17,19H,9-12,15-16H2,1-2H3. The first-order valence-corrected chi connectivity index (χ1v) is 11.8. The van der Waals surface area contributed by atoms with E-state index >= 15 is 0 Å². The predicted octanol–water partition coefficient (Wildman–Crippen LogP) is 3.97. The van der Waals surface area contributed by atoms with E-state index < -0.39 is 0 Å². The topological polar surface area (TPSA) is 68.1 Å². The number of rotatable bonds is 6. The van der Waals surface area contributed by atoms with Crippen molar-refractivity contribution in [1.29, 1.82) is 0 Å². The second-order valence-corrected chi connectivity index (χ2v) is 9.31. The number of hydrogen-bond acceptors (Lipinski definition) is 5. The van der Waals surface area contributed by atoms with Crippen molar-refractivity contribution >= 4 is 28.6 Å². The third kappa shape index (κ3) is 4.98. The molecule has 0 N–H and O–H groups in total. The van der Waals surface area contributed by atoms with Gasteiger partial charge in [0, 0.05) is 25.5 Å². The van der Waals surface area contributed by atoms with E-state index in [-0.39, 0.29) is 17.2 Å². The van der Waals surface area contributed by atoms with Gasteiger partial charge in [-0.3, -0.25) is 19.1 Å². The van der Waals surface area contributed by atoms with Crippen molar-refractivity contribution in [2.45, 2.75) is 50.4 Å². The minimum Gasteiger partial charge on any atom is -0.342 e. The zero-order valence-corrected chi connectivity index (χ0v) is 18.8. The first kappa shape index (κ1) is 21.6. The molecule has 3 aromatic rings. The maximum Gasteiger partial charge on any atom is 0.262 e. The molecular formula is C24H28N4O2S. The number of pyridine rings is 1. The molecule has 2 heterocycles. The van der Waals surface area contributed by atoms with Crippen LogP contribution in [-0.4, -0.2) is 44.2 Å². The molecule has 0 saturated heterocycles. The lowest BCUT2D eigenvalue weighted by Gasteiger charge is -2.33. The van der Waals surface area contributed by atoms with Crippen LogP contribution in [0.1, 0.15) is 38.2 Å². The summed E-state index contributed by atoms with van der Waals surface area (Å²) in [5.74, 6) is 1.10. The summed E-state index contributed by atoms with van der Waals surface area (Å²) >= 11 is 1.34. The Balaban J connectivity index is 1.56. The lowest BCUT2D eigenvalue weighted by atomic mass is 9.87. The molecule has 1 aromatic carbocycles. The van der Waals surface area contributed by atoms with E-state index in [0.29, 0.717) is 28.6 Å². The Hall–Kier alpha value is -2.67. The SMILES string of the molecule is CC1CCC(N(C)C(=O)CSc2nc3ccccc3c(=O)n2Cc2cccnc2)CC1. The fraction of sp³-hybridized carbons (Fsp3) is 0.417. The van der Waals surface area contributed by atoms with Crippen molar-refractivity contribution in [2.75, 3.05) is 12.8 Å². The summed E-state index contributed by atoms with van der Waals surface area (Å²) in [4.78, 5) is 36.9. The van der Waals surface area contributed by atoms with Gasteiger partial charge in [-0.1, -0.05) is 36.9 Å². The molecule has 1 aliphatic carbocycles. The summed E-state index contributed by atoms with van der Waals surface area (Å²) in [5, 5.41) is 1.14. The second-order valence-electron chi connectivity index (χ2n) is 8.37. The molecule has 1 aliphatic rings. The van der Waals surface area contributed by atoms with Crippen LogP contribution in [0.15, 0.2) is 58.7 Å². The van der Waals surface area contributed by atoms with E-state index in [2.05, 4.69) is 11.9 Å². The van der Waals surface area contributed by atoms with Crippen LogP contribution in [0, 0.1) is 5.92 Å². The Bertz CT molecular complexity index is 1110. The van der Waals surface area contributed by atoms with Crippen molar-refractivity contribution in [3.63, 3.8) is 0 Å². The van der Waals surface area contributed by atoms with Crippen LogP contribution >= 0.6 is 11.8 Å². The van der Waals surface area contributed by atoms with Crippen LogP contribution in [0.3, 0.4) is 0 Å². The largest absolute Gasteiger partial charge is 0.342 e. The molecule has 2 aromatic heterocycles. The molecule has 31 heavy (non-hydrogen) atoms. The number of aromatic nitrogens is 3. The van der Waals surface area contributed by atoms with Gasteiger partial charge in [-0.25, -0.2) is 4.98 Å². The monoisotopic (exact) mass is 436 g/mol. The van der Waals surface area contributed by atoms with Crippen molar-refractivity contribution in [3.05, 3.63) is 64.7 Å². The van der Waals surface area contributed by atoms with E-state index in [0.717, 1.165) is 24.3 Å². The van der Waals surface area contributed by atoms with Gasteiger partial charge in [0.15, 0.2) is 5.16 Å². The number of para-hydroxylation sites is 1. The fourth-order valence-electron chi connectivity index (χ4n) is 4.13. The van der Waals surface area contributed by atoms with Crippen molar-refractivity contribution in [1.82, 2.24) is 19.4 Å². The number of thioether (sulfide) groups is 1. The highest BCUT2D eigenvalue weighted by Gasteiger charge is 2.25. The lowest BCUT2D eigenvalue weighted by Crippen LogP contribution is -2.40. The quantitative estimate of drug-likeness (QED) is 0.432. The third-order valence-electron chi connectivity index (χ3n) is 6.14. The van der Waals surface area contributed by atoms with Gasteiger partial charge in [-0.15, -0.1) is 0 Å². The zero-order chi connectivity index (χ0) is 21.8. The number of carbonyl (C=O) groups excluding carboxylic acids is 1. The smallest absolute Gasteiger partial charge is 0.262 e. The molecule has 0 spiro atoms. The van der Waals surface area contributed by atoms with Gasteiger partial charge in [-0.2, -0.15) is 0 Å². The zero-order valence-electron chi connectivity index (χ0n) is 18.0. The Morgan fingerprint density at radius 3 is 2.68 bits per heavy atom. The van der Waals surface area contributed by atoms with Gasteiger partial charge in [0.2, 0.25) is 5.91 Å². The highest BCUT2D eigenvalue weighted by Crippen LogP contribution is 2.27. The number of benzene rings is 1. The number of amides is 1. The Kier molecular flexibility index (Phi) is 6.70. The normalized spacial score (nSPS) is 18.8. The Morgan fingerprint density at radius 2 is 1.94 bits per heavy atom. The van der Waals surface area contributed by atoms with Crippen LogP contribution < -0.4 is 5.56 Å². The van der Waals surface area contributed by atoms with Crippen LogP contribution in [0.4, 0.5) is 0 Å². The lowest BCUT2D eigenvalue weighted by molar-refractivity contribution is -0.129. The highest BCUT2D eigenvalue weighted by atomic mass is 32.2. The average molecular weight is 437 g/mol. The van der Waals surface area contributed by atoms with E-state index in [1.807, 2.05) is 42.3 Å². The van der Waals surface area contributed by atoms with Gasteiger partial charge < -0.3 is 4.90 Å². The Morgan fingerprint density at radius 1 is 1.16 bits per heavy atom. The van der Waals surface area contributed by atoms with Gasteiger partial charge in [0.1, 0.15) is 0 Å². The predicted molar refractivity (Wildman–Crippen MR) is 124 cm³/mol. The minimum absolute atomic E-state index is 0.0832. The average Bonchev–Trinajstić information content (AvgIpc) is 2.80. The molecule has 6 nitrogen and oxygen atoms in total. The summed E-state index contributed by atoms with van der Waals surface area (Å²) in [5.41, 5.74) is 1.47. The molecule has 1 amide bonds. The number of fused-ring (bicyclic) bond motifs is 1. The summed E-state index contributed by atoms with van der Waals surface area (Å²) in [7, 11) is 1.90. The number of hydrogen-bond donors (Lipinski definition) is 0. The van der Waals surface area contributed by atoms with Gasteiger partial charge in [0.05, 0.1) is 23.2 Å². The fourth-order valence-corrected chi connectivity index (χ4v) is 5.06. The molecule has 1 saturated carbocycles. The summed E-state index contributed by atoms with van der Waals surface area (Å²) in [6.45, 7) is 2.65. The molecule has 0 aliphatic heterocycles. The molecule has 0 bridgehead atoms. The highest BCUT2D eigenvalue weighted by molar-refractivity contribution is 7.99. The third-order valence-corrected chi connectivity index (χ3v) is 7.10. The summed E-state index contributed by atoms with van der Waals surface area (Å²) in [6, 6.07) is 11.4. The van der Waals surface area contributed by atoms with Crippen LogP contribution in [-0.2, 0) is 11.3 Å². The van der Waals surface area contributed by atoms with Gasteiger partial charge >= 0.3 is 0 Å². The van der Waals surface area contributed by atoms with Crippen LogP contribution in [0.25, 0.3) is 10.9 Å². The van der Waals surface area contributed by atoms with Crippen LogP contribution in [0.5, 0.6) is 0 Å². The van der Waals surface area contributed by atoms with E-state index in [1.54, 1.807) is 23.0 Å². The first-order chi connectivity index (χ1) is 15.0.